The van der Waals surface area contributed by atoms with Crippen molar-refractivity contribution >= 4 is 29.4 Å². The van der Waals surface area contributed by atoms with E-state index < -0.39 is 0 Å². The molecular weight excluding hydrogens is 388 g/mol. The average molecular weight is 411 g/mol. The van der Waals surface area contributed by atoms with Gasteiger partial charge in [-0.3, -0.25) is 4.79 Å². The van der Waals surface area contributed by atoms with Gasteiger partial charge in [-0.15, -0.1) is 22.0 Å². The van der Waals surface area contributed by atoms with Gasteiger partial charge < -0.3 is 9.88 Å². The highest BCUT2D eigenvalue weighted by Crippen LogP contribution is 2.35. The molecule has 2 heterocycles. The third-order valence-electron chi connectivity index (χ3n) is 4.71. The van der Waals surface area contributed by atoms with Crippen LogP contribution >= 0.6 is 23.5 Å². The second-order valence-electron chi connectivity index (χ2n) is 6.69. The van der Waals surface area contributed by atoms with Crippen molar-refractivity contribution in [1.82, 2.24) is 20.1 Å². The predicted molar refractivity (Wildman–Crippen MR) is 114 cm³/mol. The van der Waals surface area contributed by atoms with E-state index in [-0.39, 0.29) is 11.9 Å². The van der Waals surface area contributed by atoms with Gasteiger partial charge in [-0.25, -0.2) is 0 Å². The van der Waals surface area contributed by atoms with Gasteiger partial charge in [-0.2, -0.15) is 0 Å². The van der Waals surface area contributed by atoms with E-state index in [9.17, 15) is 4.79 Å². The number of amides is 1. The molecule has 1 aromatic heterocycles. The molecule has 0 fully saturated rings. The third-order valence-corrected chi connectivity index (χ3v) is 6.80. The van der Waals surface area contributed by atoms with Gasteiger partial charge in [-0.1, -0.05) is 60.3 Å². The molecular formula is C21H22N4OS2. The summed E-state index contributed by atoms with van der Waals surface area (Å²) in [6, 6.07) is 18.6. The van der Waals surface area contributed by atoms with Crippen molar-refractivity contribution in [2.45, 2.75) is 36.0 Å². The van der Waals surface area contributed by atoms with Crippen LogP contribution in [0, 0.1) is 6.92 Å². The molecule has 0 spiro atoms. The Labute approximate surface area is 173 Å². The van der Waals surface area contributed by atoms with Gasteiger partial charge in [-0.05, 0) is 30.5 Å². The van der Waals surface area contributed by atoms with Gasteiger partial charge in [0, 0.05) is 10.6 Å². The first kappa shape index (κ1) is 19.1. The Morgan fingerprint density at radius 3 is 2.82 bits per heavy atom. The molecule has 1 atom stereocenters. The average Bonchev–Trinajstić information content (AvgIpc) is 3.07. The fraction of sp³-hybridized carbons (Fsp3) is 0.286. The van der Waals surface area contributed by atoms with Crippen molar-refractivity contribution in [3.8, 4) is 0 Å². The number of nitrogens with one attached hydrogen (secondary N) is 1. The summed E-state index contributed by atoms with van der Waals surface area (Å²) < 4.78 is 2.06. The van der Waals surface area contributed by atoms with Crippen LogP contribution in [0.4, 0.5) is 0 Å². The number of carbonyl (C=O) groups is 1. The zero-order valence-electron chi connectivity index (χ0n) is 15.7. The lowest BCUT2D eigenvalue weighted by Crippen LogP contribution is -2.32. The van der Waals surface area contributed by atoms with Crippen LogP contribution in [0.25, 0.3) is 0 Å². The van der Waals surface area contributed by atoms with Crippen molar-refractivity contribution in [3.05, 3.63) is 71.5 Å². The Bertz CT molecular complexity index is 958. The summed E-state index contributed by atoms with van der Waals surface area (Å²) in [7, 11) is 0. The number of thioether (sulfide) groups is 2. The lowest BCUT2D eigenvalue weighted by atomic mass is 10.0. The Hall–Kier alpha value is -2.25. The number of carbonyl (C=O) groups excluding carboxylic acids is 1. The zero-order chi connectivity index (χ0) is 19.3. The number of fused-ring (bicyclic) bond motifs is 1. The van der Waals surface area contributed by atoms with E-state index >= 15 is 0 Å². The van der Waals surface area contributed by atoms with E-state index in [0.717, 1.165) is 23.2 Å². The molecule has 0 unspecified atom stereocenters. The number of rotatable bonds is 6. The molecule has 2 aromatic carbocycles. The summed E-state index contributed by atoms with van der Waals surface area (Å²) in [5, 5.41) is 12.4. The third kappa shape index (κ3) is 4.42. The molecule has 1 aliphatic heterocycles. The van der Waals surface area contributed by atoms with E-state index in [2.05, 4.69) is 44.3 Å². The maximum Gasteiger partial charge on any atom is 0.230 e. The lowest BCUT2D eigenvalue weighted by Gasteiger charge is -2.25. The summed E-state index contributed by atoms with van der Waals surface area (Å²) in [6.07, 6.45) is 0.960. The van der Waals surface area contributed by atoms with Gasteiger partial charge >= 0.3 is 0 Å². The fourth-order valence-electron chi connectivity index (χ4n) is 3.27. The van der Waals surface area contributed by atoms with Crippen molar-refractivity contribution < 1.29 is 4.79 Å². The number of hydrogen-bond donors (Lipinski definition) is 1. The van der Waals surface area contributed by atoms with Crippen LogP contribution in [0.1, 0.15) is 29.4 Å². The van der Waals surface area contributed by atoms with Gasteiger partial charge in [0.1, 0.15) is 5.82 Å². The molecule has 4 rings (SSSR count). The lowest BCUT2D eigenvalue weighted by molar-refractivity contribution is -0.119. The molecule has 0 bridgehead atoms. The first-order chi connectivity index (χ1) is 13.7. The standard InChI is InChI=1S/C21H22N4OS2/c1-15-23-24-21(25(15)13-16-7-3-2-4-8-16)28-14-20(26)22-18-11-12-27-19-10-6-5-9-17(18)19/h2-10,18H,11-14H2,1H3,(H,22,26)/t18-/m0/s1. The van der Waals surface area contributed by atoms with E-state index in [1.54, 1.807) is 0 Å². The topological polar surface area (TPSA) is 59.8 Å². The molecule has 0 radical (unpaired) electrons. The molecule has 1 aliphatic rings. The molecule has 0 saturated carbocycles. The normalized spacial score (nSPS) is 15.8. The number of aryl methyl sites for hydroxylation is 1. The predicted octanol–water partition coefficient (Wildman–Crippen LogP) is 4.08. The number of benzene rings is 2. The highest BCUT2D eigenvalue weighted by Gasteiger charge is 2.22. The minimum absolute atomic E-state index is 0.0311. The number of aromatic nitrogens is 3. The van der Waals surface area contributed by atoms with Crippen LogP contribution in [0.15, 0.2) is 64.6 Å². The summed E-state index contributed by atoms with van der Waals surface area (Å²) >= 11 is 3.29. The SMILES string of the molecule is Cc1nnc(SCC(=O)N[C@H]2CCSc3ccccc32)n1Cc1ccccc1. The first-order valence-electron chi connectivity index (χ1n) is 9.28. The summed E-state index contributed by atoms with van der Waals surface area (Å²) in [5.41, 5.74) is 2.41. The maximum absolute atomic E-state index is 12.6. The highest BCUT2D eigenvalue weighted by atomic mass is 32.2. The Kier molecular flexibility index (Phi) is 6.02. The second kappa shape index (κ2) is 8.84. The number of nitrogens with zero attached hydrogens (tertiary/aromatic N) is 3. The van der Waals surface area contributed by atoms with E-state index in [1.807, 2.05) is 49.0 Å². The summed E-state index contributed by atoms with van der Waals surface area (Å²) in [4.78, 5) is 13.8. The molecule has 3 aromatic rings. The molecule has 1 N–H and O–H groups in total. The largest absolute Gasteiger partial charge is 0.348 e. The molecule has 1 amide bonds. The van der Waals surface area contributed by atoms with Crippen LogP contribution < -0.4 is 5.32 Å². The van der Waals surface area contributed by atoms with E-state index in [4.69, 9.17) is 0 Å². The Morgan fingerprint density at radius 1 is 1.18 bits per heavy atom. The molecule has 144 valence electrons. The molecule has 5 nitrogen and oxygen atoms in total. The van der Waals surface area contributed by atoms with Gasteiger partial charge in [0.05, 0.1) is 18.3 Å². The van der Waals surface area contributed by atoms with Crippen LogP contribution in [0.2, 0.25) is 0 Å². The first-order valence-corrected chi connectivity index (χ1v) is 11.3. The van der Waals surface area contributed by atoms with E-state index in [0.29, 0.717) is 12.3 Å². The van der Waals surface area contributed by atoms with Crippen LogP contribution in [-0.4, -0.2) is 32.2 Å². The molecule has 7 heteroatoms. The summed E-state index contributed by atoms with van der Waals surface area (Å²) in [6.45, 7) is 2.65. The second-order valence-corrected chi connectivity index (χ2v) is 8.76. The molecule has 0 aliphatic carbocycles. The highest BCUT2D eigenvalue weighted by molar-refractivity contribution is 7.99. The Morgan fingerprint density at radius 2 is 1.96 bits per heavy atom. The van der Waals surface area contributed by atoms with Crippen LogP contribution in [0.5, 0.6) is 0 Å². The number of hydrogen-bond acceptors (Lipinski definition) is 5. The summed E-state index contributed by atoms with van der Waals surface area (Å²) in [5.74, 6) is 2.24. The minimum atomic E-state index is 0.0311. The zero-order valence-corrected chi connectivity index (χ0v) is 17.3. The molecule has 0 saturated heterocycles. The van der Waals surface area contributed by atoms with Crippen LogP contribution in [-0.2, 0) is 11.3 Å². The van der Waals surface area contributed by atoms with Crippen molar-refractivity contribution in [2.75, 3.05) is 11.5 Å². The van der Waals surface area contributed by atoms with Crippen molar-refractivity contribution in [3.63, 3.8) is 0 Å². The van der Waals surface area contributed by atoms with Crippen molar-refractivity contribution in [1.29, 1.82) is 0 Å². The maximum atomic E-state index is 12.6. The van der Waals surface area contributed by atoms with Crippen LogP contribution in [0.3, 0.4) is 0 Å². The van der Waals surface area contributed by atoms with E-state index in [1.165, 1.54) is 27.8 Å². The molecule has 28 heavy (non-hydrogen) atoms. The van der Waals surface area contributed by atoms with Gasteiger partial charge in [0.2, 0.25) is 5.91 Å². The fourth-order valence-corrected chi connectivity index (χ4v) is 5.19. The quantitative estimate of drug-likeness (QED) is 0.621. The minimum Gasteiger partial charge on any atom is -0.348 e. The smallest absolute Gasteiger partial charge is 0.230 e. The Balaban J connectivity index is 1.38. The monoisotopic (exact) mass is 410 g/mol. The van der Waals surface area contributed by atoms with Gasteiger partial charge in [0.15, 0.2) is 5.16 Å². The van der Waals surface area contributed by atoms with Crippen molar-refractivity contribution in [2.24, 2.45) is 0 Å². The van der Waals surface area contributed by atoms with Gasteiger partial charge in [0.25, 0.3) is 0 Å².